The standard InChI is InChI=1S/C14H15FN2O3/c1-20-14(19)11-7-10(4-5-12(11)15)17-13(18)8-2-3-9(16)6-8/h2-5,7-9H,6,16H2,1H3,(H,17,18). The first-order valence-corrected chi connectivity index (χ1v) is 6.14. The Balaban J connectivity index is 2.12. The summed E-state index contributed by atoms with van der Waals surface area (Å²) < 4.78 is 17.9. The second-order valence-electron chi connectivity index (χ2n) is 4.57. The van der Waals surface area contributed by atoms with Crippen molar-refractivity contribution in [3.05, 3.63) is 41.7 Å². The average Bonchev–Trinajstić information content (AvgIpc) is 2.87. The maximum atomic E-state index is 13.5. The highest BCUT2D eigenvalue weighted by Crippen LogP contribution is 2.20. The molecule has 1 aromatic carbocycles. The molecule has 0 bridgehead atoms. The summed E-state index contributed by atoms with van der Waals surface area (Å²) in [7, 11) is 1.16. The lowest BCUT2D eigenvalue weighted by atomic mass is 10.1. The lowest BCUT2D eigenvalue weighted by molar-refractivity contribution is -0.118. The highest BCUT2D eigenvalue weighted by molar-refractivity contribution is 5.96. The van der Waals surface area contributed by atoms with E-state index < -0.39 is 11.8 Å². The van der Waals surface area contributed by atoms with Crippen LogP contribution in [0.4, 0.5) is 10.1 Å². The van der Waals surface area contributed by atoms with Crippen LogP contribution in [0.3, 0.4) is 0 Å². The summed E-state index contributed by atoms with van der Waals surface area (Å²) in [6.45, 7) is 0. The summed E-state index contributed by atoms with van der Waals surface area (Å²) >= 11 is 0. The third-order valence-corrected chi connectivity index (χ3v) is 3.09. The Kier molecular flexibility index (Phi) is 4.14. The molecule has 0 saturated carbocycles. The van der Waals surface area contributed by atoms with Crippen LogP contribution in [0.15, 0.2) is 30.4 Å². The Morgan fingerprint density at radius 2 is 2.15 bits per heavy atom. The number of halogens is 1. The summed E-state index contributed by atoms with van der Waals surface area (Å²) in [5.74, 6) is -2.03. The van der Waals surface area contributed by atoms with E-state index in [1.54, 1.807) is 12.2 Å². The van der Waals surface area contributed by atoms with Crippen molar-refractivity contribution >= 4 is 17.6 Å². The first kappa shape index (κ1) is 14.2. The van der Waals surface area contributed by atoms with Gasteiger partial charge in [0, 0.05) is 11.7 Å². The molecule has 0 aliphatic heterocycles. The van der Waals surface area contributed by atoms with E-state index in [-0.39, 0.29) is 23.4 Å². The van der Waals surface area contributed by atoms with Crippen molar-refractivity contribution in [1.29, 1.82) is 0 Å². The predicted octanol–water partition coefficient (Wildman–Crippen LogP) is 1.45. The van der Waals surface area contributed by atoms with E-state index in [1.165, 1.54) is 12.1 Å². The lowest BCUT2D eigenvalue weighted by Gasteiger charge is -2.11. The zero-order valence-corrected chi connectivity index (χ0v) is 10.9. The SMILES string of the molecule is COC(=O)c1cc(NC(=O)C2C=CC(N)C2)ccc1F. The van der Waals surface area contributed by atoms with Crippen LogP contribution in [0.25, 0.3) is 0 Å². The normalized spacial score (nSPS) is 20.8. The monoisotopic (exact) mass is 278 g/mol. The largest absolute Gasteiger partial charge is 0.465 e. The molecule has 106 valence electrons. The fourth-order valence-electron chi connectivity index (χ4n) is 2.03. The molecule has 0 fully saturated rings. The van der Waals surface area contributed by atoms with E-state index >= 15 is 0 Å². The number of nitrogens with one attached hydrogen (secondary N) is 1. The van der Waals surface area contributed by atoms with Crippen LogP contribution in [-0.2, 0) is 9.53 Å². The number of anilines is 1. The Hall–Kier alpha value is -2.21. The van der Waals surface area contributed by atoms with Crippen molar-refractivity contribution in [2.24, 2.45) is 11.7 Å². The zero-order chi connectivity index (χ0) is 14.7. The van der Waals surface area contributed by atoms with Gasteiger partial charge in [-0.2, -0.15) is 0 Å². The minimum absolute atomic E-state index is 0.121. The number of carbonyl (C=O) groups excluding carboxylic acids is 2. The molecule has 0 radical (unpaired) electrons. The minimum Gasteiger partial charge on any atom is -0.465 e. The molecular formula is C14H15FN2O3. The molecule has 1 aliphatic rings. The molecule has 20 heavy (non-hydrogen) atoms. The maximum Gasteiger partial charge on any atom is 0.340 e. The van der Waals surface area contributed by atoms with Crippen molar-refractivity contribution in [2.45, 2.75) is 12.5 Å². The molecule has 2 unspecified atom stereocenters. The number of nitrogens with two attached hydrogens (primary N) is 1. The van der Waals surface area contributed by atoms with Crippen LogP contribution < -0.4 is 11.1 Å². The number of hydrogen-bond acceptors (Lipinski definition) is 4. The second-order valence-corrected chi connectivity index (χ2v) is 4.57. The van der Waals surface area contributed by atoms with Gasteiger partial charge in [0.2, 0.25) is 5.91 Å². The highest BCUT2D eigenvalue weighted by atomic mass is 19.1. The quantitative estimate of drug-likeness (QED) is 0.647. The number of esters is 1. The van der Waals surface area contributed by atoms with E-state index in [0.29, 0.717) is 12.1 Å². The Bertz CT molecular complexity index is 572. The van der Waals surface area contributed by atoms with Crippen molar-refractivity contribution in [2.75, 3.05) is 12.4 Å². The molecule has 0 saturated heterocycles. The van der Waals surface area contributed by atoms with Crippen molar-refractivity contribution in [1.82, 2.24) is 0 Å². The average molecular weight is 278 g/mol. The fraction of sp³-hybridized carbons (Fsp3) is 0.286. The molecule has 1 amide bonds. The molecule has 0 aromatic heterocycles. The van der Waals surface area contributed by atoms with E-state index in [2.05, 4.69) is 10.1 Å². The highest BCUT2D eigenvalue weighted by Gasteiger charge is 2.23. The van der Waals surface area contributed by atoms with Gasteiger partial charge < -0.3 is 15.8 Å². The Morgan fingerprint density at radius 3 is 2.75 bits per heavy atom. The number of hydrogen-bond donors (Lipinski definition) is 2. The molecule has 1 aliphatic carbocycles. The molecule has 5 nitrogen and oxygen atoms in total. The van der Waals surface area contributed by atoms with Crippen LogP contribution in [0.1, 0.15) is 16.8 Å². The van der Waals surface area contributed by atoms with Crippen LogP contribution >= 0.6 is 0 Å². The smallest absolute Gasteiger partial charge is 0.340 e. The number of ether oxygens (including phenoxy) is 1. The molecular weight excluding hydrogens is 263 g/mol. The second kappa shape index (κ2) is 5.83. The van der Waals surface area contributed by atoms with Gasteiger partial charge in [-0.25, -0.2) is 9.18 Å². The van der Waals surface area contributed by atoms with Gasteiger partial charge in [0.1, 0.15) is 5.82 Å². The van der Waals surface area contributed by atoms with Crippen LogP contribution in [0.5, 0.6) is 0 Å². The van der Waals surface area contributed by atoms with Crippen molar-refractivity contribution in [3.8, 4) is 0 Å². The van der Waals surface area contributed by atoms with E-state index in [9.17, 15) is 14.0 Å². The number of amides is 1. The molecule has 2 rings (SSSR count). The van der Waals surface area contributed by atoms with Gasteiger partial charge in [0.25, 0.3) is 0 Å². The summed E-state index contributed by atoms with van der Waals surface area (Å²) in [6.07, 6.45) is 4.05. The van der Waals surface area contributed by atoms with Gasteiger partial charge in [-0.15, -0.1) is 0 Å². The summed E-state index contributed by atoms with van der Waals surface area (Å²) in [5, 5.41) is 2.63. The third-order valence-electron chi connectivity index (χ3n) is 3.09. The molecule has 6 heteroatoms. The van der Waals surface area contributed by atoms with Gasteiger partial charge in [0.15, 0.2) is 0 Å². The van der Waals surface area contributed by atoms with Gasteiger partial charge in [-0.3, -0.25) is 4.79 Å². The summed E-state index contributed by atoms with van der Waals surface area (Å²) in [4.78, 5) is 23.3. The van der Waals surface area contributed by atoms with Gasteiger partial charge in [-0.1, -0.05) is 12.2 Å². The van der Waals surface area contributed by atoms with Crippen LogP contribution in [0, 0.1) is 11.7 Å². The minimum atomic E-state index is -0.790. The van der Waals surface area contributed by atoms with Crippen LogP contribution in [0.2, 0.25) is 0 Å². The summed E-state index contributed by atoms with van der Waals surface area (Å²) in [5.41, 5.74) is 5.80. The molecule has 0 heterocycles. The number of carbonyl (C=O) groups is 2. The van der Waals surface area contributed by atoms with E-state index in [0.717, 1.165) is 13.2 Å². The molecule has 0 spiro atoms. The molecule has 3 N–H and O–H groups in total. The predicted molar refractivity (Wildman–Crippen MR) is 71.6 cm³/mol. The topological polar surface area (TPSA) is 81.4 Å². The van der Waals surface area contributed by atoms with Gasteiger partial charge in [-0.05, 0) is 24.6 Å². The molecule has 1 aromatic rings. The summed E-state index contributed by atoms with van der Waals surface area (Å²) in [6, 6.07) is 3.62. The first-order valence-electron chi connectivity index (χ1n) is 6.14. The number of methoxy groups -OCH3 is 1. The molecule has 2 atom stereocenters. The number of benzene rings is 1. The van der Waals surface area contributed by atoms with Gasteiger partial charge in [0.05, 0.1) is 18.6 Å². The van der Waals surface area contributed by atoms with Crippen molar-refractivity contribution < 1.29 is 18.7 Å². The lowest BCUT2D eigenvalue weighted by Crippen LogP contribution is -2.24. The van der Waals surface area contributed by atoms with Crippen LogP contribution in [-0.4, -0.2) is 25.0 Å². The van der Waals surface area contributed by atoms with Gasteiger partial charge >= 0.3 is 5.97 Å². The first-order chi connectivity index (χ1) is 9.51. The third kappa shape index (κ3) is 3.03. The van der Waals surface area contributed by atoms with E-state index in [1.807, 2.05) is 0 Å². The fourth-order valence-corrected chi connectivity index (χ4v) is 2.03. The van der Waals surface area contributed by atoms with E-state index in [4.69, 9.17) is 5.73 Å². The zero-order valence-electron chi connectivity index (χ0n) is 10.9. The number of rotatable bonds is 3. The van der Waals surface area contributed by atoms with Crippen molar-refractivity contribution in [3.63, 3.8) is 0 Å². The Labute approximate surface area is 115 Å². The Morgan fingerprint density at radius 1 is 1.40 bits per heavy atom. The maximum absolute atomic E-state index is 13.5.